The van der Waals surface area contributed by atoms with Gasteiger partial charge >= 0.3 is 0 Å². The highest BCUT2D eigenvalue weighted by atomic mass is 13.8. The minimum absolute atomic E-state index is 0. The molecule has 0 saturated heterocycles. The van der Waals surface area contributed by atoms with Crippen molar-refractivity contribution in [2.24, 2.45) is 0 Å². The third kappa shape index (κ3) is 15.6. The first-order valence-corrected chi connectivity index (χ1v) is 2.82. The lowest BCUT2D eigenvalue weighted by Gasteiger charge is -1.57. The Labute approximate surface area is 67.7 Å². The molecule has 64 valence electrons. The first-order chi connectivity index (χ1) is 3.50. The van der Waals surface area contributed by atoms with Gasteiger partial charge in [0.1, 0.15) is 0 Å². The third-order valence-corrected chi connectivity index (χ3v) is 0.655. The Morgan fingerprint density at radius 3 is 1.20 bits per heavy atom. The highest BCUT2D eigenvalue weighted by Crippen LogP contribution is 1.93. The fourth-order valence-corrected chi connectivity index (χ4v) is 0.393. The van der Waals surface area contributed by atoms with Crippen LogP contribution in [0.15, 0.2) is 24.3 Å². The summed E-state index contributed by atoms with van der Waals surface area (Å²) in [7, 11) is 0. The molecule has 0 aromatic heterocycles. The Morgan fingerprint density at radius 2 is 1.10 bits per heavy atom. The van der Waals surface area contributed by atoms with E-state index in [1.54, 1.807) is 0 Å². The van der Waals surface area contributed by atoms with Gasteiger partial charge < -0.3 is 0 Å². The van der Waals surface area contributed by atoms with Gasteiger partial charge in [-0.15, -0.1) is 0 Å². The summed E-state index contributed by atoms with van der Waals surface area (Å²) in [5, 5.41) is 0. The van der Waals surface area contributed by atoms with E-state index >= 15 is 0 Å². The molecule has 0 aromatic carbocycles. The molecule has 0 radical (unpaired) electrons. The molecule has 1 aliphatic rings. The van der Waals surface area contributed by atoms with Crippen LogP contribution in [0.25, 0.3) is 0 Å². The molecule has 1 rings (SSSR count). The van der Waals surface area contributed by atoms with E-state index in [0.29, 0.717) is 0 Å². The zero-order valence-electron chi connectivity index (χ0n) is 5.02. The van der Waals surface area contributed by atoms with Crippen molar-refractivity contribution in [3.63, 3.8) is 0 Å². The number of allylic oxidation sites excluding steroid dienone is 4. The minimum Gasteiger partial charge on any atom is -0.0808 e. The normalized spacial score (nSPS) is 9.40. The van der Waals surface area contributed by atoms with Crippen molar-refractivity contribution in [2.75, 3.05) is 0 Å². The molecule has 0 saturated carbocycles. The van der Waals surface area contributed by atoms with E-state index in [1.165, 1.54) is 0 Å². The van der Waals surface area contributed by atoms with Gasteiger partial charge in [-0.1, -0.05) is 60.4 Å². The van der Waals surface area contributed by atoms with Crippen LogP contribution in [-0.4, -0.2) is 0 Å². The van der Waals surface area contributed by atoms with Crippen LogP contribution in [0.1, 0.15) is 42.5 Å². The third-order valence-electron chi connectivity index (χ3n) is 0.655. The average molecular weight is 144 g/mol. The van der Waals surface area contributed by atoms with E-state index in [0.717, 1.165) is 6.42 Å². The maximum absolute atomic E-state index is 2.12. The van der Waals surface area contributed by atoms with Crippen LogP contribution in [0.5, 0.6) is 0 Å². The monoisotopic (exact) mass is 144 g/mol. The first-order valence-electron chi connectivity index (χ1n) is 2.82. The van der Waals surface area contributed by atoms with Gasteiger partial charge in [0.05, 0.1) is 0 Å². The fourth-order valence-electron chi connectivity index (χ4n) is 0.393. The van der Waals surface area contributed by atoms with Crippen molar-refractivity contribution in [1.29, 1.82) is 0 Å². The highest BCUT2D eigenvalue weighted by Gasteiger charge is 1.72. The summed E-state index contributed by atoms with van der Waals surface area (Å²) in [6.07, 6.45) is 9.50. The second-order valence-corrected chi connectivity index (χ2v) is 1.09. The van der Waals surface area contributed by atoms with Gasteiger partial charge in [0, 0.05) is 0 Å². The quantitative estimate of drug-likeness (QED) is 0.471. The van der Waals surface area contributed by atoms with E-state index in [-0.39, 0.29) is 22.3 Å². The van der Waals surface area contributed by atoms with Crippen LogP contribution in [-0.2, 0) is 0 Å². The van der Waals surface area contributed by atoms with Crippen LogP contribution in [0, 0.1) is 0 Å². The van der Waals surface area contributed by atoms with Crippen LogP contribution in [0.3, 0.4) is 0 Å². The number of hydrogen-bond acceptors (Lipinski definition) is 0. The lowest BCUT2D eigenvalue weighted by atomic mass is 10.5. The summed E-state index contributed by atoms with van der Waals surface area (Å²) >= 11 is 0. The van der Waals surface area contributed by atoms with Crippen molar-refractivity contribution < 1.29 is 0 Å². The van der Waals surface area contributed by atoms with E-state index in [1.807, 2.05) is 13.8 Å². The van der Waals surface area contributed by atoms with Gasteiger partial charge in [-0.25, -0.2) is 0 Å². The molecule has 1 aliphatic carbocycles. The fraction of sp³-hybridized carbons (Fsp3) is 0.600. The lowest BCUT2D eigenvalue weighted by Crippen LogP contribution is -1.37. The molecule has 0 spiro atoms. The van der Waals surface area contributed by atoms with E-state index < -0.39 is 0 Å². The molecule has 0 amide bonds. The minimum atomic E-state index is 0. The predicted molar refractivity (Wildman–Crippen MR) is 54.4 cm³/mol. The van der Waals surface area contributed by atoms with Crippen molar-refractivity contribution in [3.05, 3.63) is 24.3 Å². The Bertz CT molecular complexity index is 58.1. The zero-order valence-corrected chi connectivity index (χ0v) is 5.02. The molecule has 0 N–H and O–H groups in total. The van der Waals surface area contributed by atoms with E-state index in [4.69, 9.17) is 0 Å². The summed E-state index contributed by atoms with van der Waals surface area (Å²) in [4.78, 5) is 0. The molecule has 0 atom stereocenters. The van der Waals surface area contributed by atoms with Gasteiger partial charge in [-0.3, -0.25) is 0 Å². The molecule has 0 bridgehead atoms. The second-order valence-electron chi connectivity index (χ2n) is 1.09. The summed E-state index contributed by atoms with van der Waals surface area (Å²) < 4.78 is 0. The van der Waals surface area contributed by atoms with Crippen LogP contribution in [0.2, 0.25) is 0 Å². The molecule has 0 aromatic rings. The maximum atomic E-state index is 2.12. The molecular formula is C10H24. The van der Waals surface area contributed by atoms with Crippen molar-refractivity contribution in [2.45, 2.75) is 42.5 Å². The molecule has 10 heavy (non-hydrogen) atoms. The highest BCUT2D eigenvalue weighted by molar-refractivity contribution is 5.11. The SMILES string of the molecule is C.C.C.C1=CCC=C1.CC. The molecule has 0 heteroatoms. The van der Waals surface area contributed by atoms with Gasteiger partial charge in [-0.05, 0) is 6.42 Å². The summed E-state index contributed by atoms with van der Waals surface area (Å²) in [6.45, 7) is 4.00. The second kappa shape index (κ2) is 23.6. The van der Waals surface area contributed by atoms with Crippen molar-refractivity contribution in [3.8, 4) is 0 Å². The molecule has 0 fully saturated rings. The van der Waals surface area contributed by atoms with Gasteiger partial charge in [0.15, 0.2) is 0 Å². The molecule has 0 unspecified atom stereocenters. The van der Waals surface area contributed by atoms with Gasteiger partial charge in [0.25, 0.3) is 0 Å². The molecule has 0 heterocycles. The van der Waals surface area contributed by atoms with E-state index in [2.05, 4.69) is 24.3 Å². The Balaban J connectivity index is -0.0000000337. The lowest BCUT2D eigenvalue weighted by molar-refractivity contribution is 1.45. The van der Waals surface area contributed by atoms with E-state index in [9.17, 15) is 0 Å². The van der Waals surface area contributed by atoms with Crippen molar-refractivity contribution in [1.82, 2.24) is 0 Å². The molecule has 0 nitrogen and oxygen atoms in total. The smallest absolute Gasteiger partial charge is 0.0163 e. The topological polar surface area (TPSA) is 0 Å². The number of rotatable bonds is 0. The Morgan fingerprint density at radius 1 is 0.800 bits per heavy atom. The van der Waals surface area contributed by atoms with Crippen molar-refractivity contribution >= 4 is 0 Å². The summed E-state index contributed by atoms with van der Waals surface area (Å²) in [5.74, 6) is 0. The average Bonchev–Trinajstić information content (AvgIpc) is 2.23. The van der Waals surface area contributed by atoms with Gasteiger partial charge in [-0.2, -0.15) is 0 Å². The van der Waals surface area contributed by atoms with Gasteiger partial charge in [0.2, 0.25) is 0 Å². The summed E-state index contributed by atoms with van der Waals surface area (Å²) in [5.41, 5.74) is 0. The first kappa shape index (κ1) is 22.7. The standard InChI is InChI=1S/C5H6.C2H6.3CH4/c1-2-4-5-3-1;1-2;;;/h1-4H,5H2;1-2H3;3*1H4. The molecule has 0 aliphatic heterocycles. The maximum Gasteiger partial charge on any atom is -0.0163 e. The zero-order chi connectivity index (χ0) is 5.54. The number of hydrogen-bond donors (Lipinski definition) is 0. The van der Waals surface area contributed by atoms with Crippen LogP contribution < -0.4 is 0 Å². The molecular weight excluding hydrogens is 120 g/mol. The predicted octanol–water partition coefficient (Wildman–Crippen LogP) is 4.44. The Kier molecular flexibility index (Phi) is 53.7. The summed E-state index contributed by atoms with van der Waals surface area (Å²) in [6, 6.07) is 0. The van der Waals surface area contributed by atoms with Crippen LogP contribution in [0.4, 0.5) is 0 Å². The largest absolute Gasteiger partial charge is 0.0808 e. The van der Waals surface area contributed by atoms with Crippen LogP contribution >= 0.6 is 0 Å². The Hall–Kier alpha value is -0.520.